The average molecular weight is 223 g/mol. The van der Waals surface area contributed by atoms with Gasteiger partial charge in [-0.2, -0.15) is 0 Å². The summed E-state index contributed by atoms with van der Waals surface area (Å²) in [7, 11) is 0. The van der Waals surface area contributed by atoms with E-state index in [0.717, 1.165) is 12.2 Å². The van der Waals surface area contributed by atoms with Crippen LogP contribution < -0.4 is 0 Å². The maximum Gasteiger partial charge on any atom is 0.109 e. The normalized spacial score (nSPS) is 21.5. The lowest BCUT2D eigenvalue weighted by atomic mass is 10.2. The molecule has 0 aliphatic carbocycles. The van der Waals surface area contributed by atoms with Gasteiger partial charge in [0.15, 0.2) is 0 Å². The van der Waals surface area contributed by atoms with E-state index in [1.807, 2.05) is 30.3 Å². The Morgan fingerprint density at radius 1 is 1.50 bits per heavy atom. The molecule has 0 amide bonds. The van der Waals surface area contributed by atoms with Gasteiger partial charge in [0.2, 0.25) is 0 Å². The SMILES string of the molecule is [2H]CCO[C@@H](COCc1ccccc1)[C@H]1CO1. The highest BCUT2D eigenvalue weighted by Crippen LogP contribution is 2.17. The van der Waals surface area contributed by atoms with Crippen molar-refractivity contribution in [3.05, 3.63) is 35.9 Å². The van der Waals surface area contributed by atoms with Crippen molar-refractivity contribution in [2.75, 3.05) is 19.8 Å². The Hall–Kier alpha value is -0.900. The number of hydrogen-bond donors (Lipinski definition) is 0. The van der Waals surface area contributed by atoms with Crippen molar-refractivity contribution in [3.63, 3.8) is 0 Å². The third-order valence-electron chi connectivity index (χ3n) is 2.50. The predicted octanol–water partition coefficient (Wildman–Crippen LogP) is 2.01. The van der Waals surface area contributed by atoms with Crippen LogP contribution in [0, 0.1) is 0 Å². The van der Waals surface area contributed by atoms with E-state index < -0.39 is 0 Å². The van der Waals surface area contributed by atoms with Crippen LogP contribution in [0.2, 0.25) is 0 Å². The summed E-state index contributed by atoms with van der Waals surface area (Å²) in [6.07, 6.45) is 0.140. The van der Waals surface area contributed by atoms with E-state index >= 15 is 0 Å². The molecule has 88 valence electrons. The predicted molar refractivity (Wildman–Crippen MR) is 61.3 cm³/mol. The lowest BCUT2D eigenvalue weighted by Crippen LogP contribution is -2.25. The van der Waals surface area contributed by atoms with E-state index in [-0.39, 0.29) is 19.1 Å². The van der Waals surface area contributed by atoms with E-state index in [1.54, 1.807) is 0 Å². The molecule has 0 bridgehead atoms. The minimum Gasteiger partial charge on any atom is -0.374 e. The molecule has 1 fully saturated rings. The molecular formula is C13H18O3. The van der Waals surface area contributed by atoms with Crippen molar-refractivity contribution in [2.45, 2.75) is 25.7 Å². The first-order chi connectivity index (χ1) is 8.40. The van der Waals surface area contributed by atoms with Crippen molar-refractivity contribution in [3.8, 4) is 0 Å². The Morgan fingerprint density at radius 2 is 2.31 bits per heavy atom. The molecule has 16 heavy (non-hydrogen) atoms. The molecule has 2 atom stereocenters. The van der Waals surface area contributed by atoms with Gasteiger partial charge in [-0.05, 0) is 12.5 Å². The Balaban J connectivity index is 1.68. The molecule has 0 saturated carbocycles. The third kappa shape index (κ3) is 3.59. The van der Waals surface area contributed by atoms with E-state index in [4.69, 9.17) is 15.6 Å². The quantitative estimate of drug-likeness (QED) is 0.662. The summed E-state index contributed by atoms with van der Waals surface area (Å²) in [6, 6.07) is 10.1. The summed E-state index contributed by atoms with van der Waals surface area (Å²) < 4.78 is 23.4. The highest BCUT2D eigenvalue weighted by atomic mass is 16.6. The first-order valence-corrected chi connectivity index (χ1v) is 5.54. The molecule has 1 heterocycles. The van der Waals surface area contributed by atoms with Crippen molar-refractivity contribution in [1.82, 2.24) is 0 Å². The molecule has 1 saturated heterocycles. The van der Waals surface area contributed by atoms with Crippen LogP contribution in [0.5, 0.6) is 0 Å². The van der Waals surface area contributed by atoms with Crippen molar-refractivity contribution in [2.24, 2.45) is 0 Å². The molecule has 1 aromatic carbocycles. The maximum absolute atomic E-state index is 7.06. The zero-order valence-electron chi connectivity index (χ0n) is 10.3. The summed E-state index contributed by atoms with van der Waals surface area (Å²) in [5.41, 5.74) is 1.16. The van der Waals surface area contributed by atoms with E-state index in [2.05, 4.69) is 0 Å². The van der Waals surface area contributed by atoms with Crippen molar-refractivity contribution >= 4 is 0 Å². The Bertz CT molecular complexity index is 314. The van der Waals surface area contributed by atoms with Gasteiger partial charge in [-0.1, -0.05) is 30.3 Å². The molecule has 2 rings (SSSR count). The fraction of sp³-hybridized carbons (Fsp3) is 0.538. The first kappa shape index (κ1) is 10.3. The lowest BCUT2D eigenvalue weighted by molar-refractivity contribution is -0.0295. The first-order valence-electron chi connectivity index (χ1n) is 6.25. The van der Waals surface area contributed by atoms with Gasteiger partial charge < -0.3 is 14.2 Å². The largest absolute Gasteiger partial charge is 0.374 e. The molecular weight excluding hydrogens is 204 g/mol. The molecule has 1 aliphatic rings. The molecule has 3 nitrogen and oxygen atoms in total. The molecule has 0 spiro atoms. The van der Waals surface area contributed by atoms with Gasteiger partial charge in [0.25, 0.3) is 0 Å². The molecule has 0 aromatic heterocycles. The smallest absolute Gasteiger partial charge is 0.109 e. The average Bonchev–Trinajstić information content (AvgIpc) is 3.19. The van der Waals surface area contributed by atoms with Crippen LogP contribution in [-0.2, 0) is 20.8 Å². The molecule has 0 unspecified atom stereocenters. The minimum absolute atomic E-state index is 0.0240. The summed E-state index contributed by atoms with van der Waals surface area (Å²) in [4.78, 5) is 0. The van der Waals surface area contributed by atoms with Gasteiger partial charge in [-0.3, -0.25) is 0 Å². The van der Waals surface area contributed by atoms with Gasteiger partial charge in [-0.25, -0.2) is 0 Å². The molecule has 1 aromatic rings. The zero-order chi connectivity index (χ0) is 11.9. The van der Waals surface area contributed by atoms with Gasteiger partial charge in [-0.15, -0.1) is 0 Å². The zero-order valence-corrected chi connectivity index (χ0v) is 9.30. The standard InChI is InChI=1S/C13H18O3/c1-2-15-12(13-10-16-13)9-14-8-11-6-4-3-5-7-11/h3-7,12-13H,2,8-10H2,1H3/t12-,13+/m0/s1/i1D. The topological polar surface area (TPSA) is 31.0 Å². The van der Waals surface area contributed by atoms with Crippen LogP contribution in [0.3, 0.4) is 0 Å². The number of hydrogen-bond acceptors (Lipinski definition) is 3. The Kier molecular flexibility index (Phi) is 3.84. The molecule has 0 N–H and O–H groups in total. The number of ether oxygens (including phenoxy) is 3. The van der Waals surface area contributed by atoms with Gasteiger partial charge >= 0.3 is 0 Å². The van der Waals surface area contributed by atoms with E-state index in [1.165, 1.54) is 0 Å². The summed E-state index contributed by atoms with van der Waals surface area (Å²) in [5.74, 6) is 0. The number of benzene rings is 1. The Labute approximate surface area is 97.7 Å². The van der Waals surface area contributed by atoms with Crippen LogP contribution in [-0.4, -0.2) is 32.0 Å². The van der Waals surface area contributed by atoms with Gasteiger partial charge in [0.1, 0.15) is 12.2 Å². The number of epoxide rings is 1. The summed E-state index contributed by atoms with van der Waals surface area (Å²) in [6.45, 7) is 2.59. The van der Waals surface area contributed by atoms with Crippen LogP contribution in [0.25, 0.3) is 0 Å². The van der Waals surface area contributed by atoms with Gasteiger partial charge in [0.05, 0.1) is 19.8 Å². The fourth-order valence-corrected chi connectivity index (χ4v) is 1.55. The highest BCUT2D eigenvalue weighted by molar-refractivity contribution is 5.13. The van der Waals surface area contributed by atoms with E-state index in [0.29, 0.717) is 19.8 Å². The molecule has 3 heteroatoms. The third-order valence-corrected chi connectivity index (χ3v) is 2.50. The Morgan fingerprint density at radius 3 is 3.00 bits per heavy atom. The van der Waals surface area contributed by atoms with Crippen LogP contribution in [0.1, 0.15) is 13.8 Å². The maximum atomic E-state index is 7.06. The monoisotopic (exact) mass is 223 g/mol. The summed E-state index contributed by atoms with van der Waals surface area (Å²) in [5, 5.41) is 0. The summed E-state index contributed by atoms with van der Waals surface area (Å²) >= 11 is 0. The van der Waals surface area contributed by atoms with Gasteiger partial charge in [0, 0.05) is 7.98 Å². The second-order valence-electron chi connectivity index (χ2n) is 3.78. The second-order valence-corrected chi connectivity index (χ2v) is 3.78. The molecule has 1 aliphatic heterocycles. The van der Waals surface area contributed by atoms with Crippen LogP contribution >= 0.6 is 0 Å². The highest BCUT2D eigenvalue weighted by Gasteiger charge is 2.33. The lowest BCUT2D eigenvalue weighted by Gasteiger charge is -2.14. The van der Waals surface area contributed by atoms with Crippen molar-refractivity contribution < 1.29 is 15.6 Å². The minimum atomic E-state index is -0.0240. The molecule has 0 radical (unpaired) electrons. The van der Waals surface area contributed by atoms with E-state index in [9.17, 15) is 0 Å². The second kappa shape index (κ2) is 5.99. The fourth-order valence-electron chi connectivity index (χ4n) is 1.55. The van der Waals surface area contributed by atoms with Crippen LogP contribution in [0.4, 0.5) is 0 Å². The van der Waals surface area contributed by atoms with Crippen LogP contribution in [0.15, 0.2) is 30.3 Å². The number of rotatable bonds is 7. The van der Waals surface area contributed by atoms with Crippen molar-refractivity contribution in [1.29, 1.82) is 0 Å².